The first-order valence-electron chi connectivity index (χ1n) is 4.56. The van der Waals surface area contributed by atoms with Crippen LogP contribution in [0.2, 0.25) is 0 Å². The molecule has 1 heterocycles. The molecule has 2 fully saturated rings. The Hall–Kier alpha value is -0.610. The summed E-state index contributed by atoms with van der Waals surface area (Å²) in [6, 6.07) is 0. The summed E-state index contributed by atoms with van der Waals surface area (Å²) in [5.74, 6) is -0.815. The van der Waals surface area contributed by atoms with Crippen molar-refractivity contribution >= 4 is 5.97 Å². The van der Waals surface area contributed by atoms with Crippen LogP contribution in [0.5, 0.6) is 0 Å². The first kappa shape index (κ1) is 8.97. The molecule has 2 rings (SSSR count). The van der Waals surface area contributed by atoms with Crippen molar-refractivity contribution in [2.45, 2.75) is 25.4 Å². The Morgan fingerprint density at radius 2 is 2.23 bits per heavy atom. The van der Waals surface area contributed by atoms with Crippen LogP contribution in [-0.4, -0.2) is 35.0 Å². The Morgan fingerprint density at radius 3 is 2.54 bits per heavy atom. The van der Waals surface area contributed by atoms with Crippen LogP contribution >= 0.6 is 0 Å². The van der Waals surface area contributed by atoms with E-state index in [0.29, 0.717) is 19.4 Å². The van der Waals surface area contributed by atoms with Crippen molar-refractivity contribution in [1.82, 2.24) is 0 Å². The molecule has 0 aromatic heterocycles. The lowest BCUT2D eigenvalue weighted by molar-refractivity contribution is -0.157. The van der Waals surface area contributed by atoms with E-state index in [-0.39, 0.29) is 12.5 Å². The highest BCUT2D eigenvalue weighted by Crippen LogP contribution is 2.61. The van der Waals surface area contributed by atoms with E-state index in [1.165, 1.54) is 0 Å². The zero-order valence-electron chi connectivity index (χ0n) is 7.62. The molecule has 2 aliphatic rings. The highest BCUT2D eigenvalue weighted by Gasteiger charge is 2.70. The van der Waals surface area contributed by atoms with Gasteiger partial charge in [0.1, 0.15) is 11.0 Å². The van der Waals surface area contributed by atoms with Gasteiger partial charge in [0.05, 0.1) is 6.61 Å². The molecule has 2 N–H and O–H groups in total. The third kappa shape index (κ3) is 0.957. The fraction of sp³-hybridized carbons (Fsp3) is 0.889. The van der Waals surface area contributed by atoms with E-state index in [9.17, 15) is 9.90 Å². The molecule has 3 unspecified atom stereocenters. The Bertz CT molecular complexity index is 244. The number of hydrogen-bond acceptors (Lipinski definition) is 3. The maximum atomic E-state index is 11.1. The van der Waals surface area contributed by atoms with Gasteiger partial charge < -0.3 is 14.9 Å². The fourth-order valence-corrected chi connectivity index (χ4v) is 2.48. The molecule has 0 radical (unpaired) electrons. The van der Waals surface area contributed by atoms with E-state index in [2.05, 4.69) is 0 Å². The average Bonchev–Trinajstić information content (AvgIpc) is 2.54. The van der Waals surface area contributed by atoms with Gasteiger partial charge in [-0.15, -0.1) is 0 Å². The Kier molecular flexibility index (Phi) is 1.69. The number of rotatable bonds is 2. The van der Waals surface area contributed by atoms with Gasteiger partial charge in [-0.05, 0) is 12.3 Å². The summed E-state index contributed by atoms with van der Waals surface area (Å²) in [4.78, 5) is 11.1. The van der Waals surface area contributed by atoms with E-state index in [0.717, 1.165) is 0 Å². The molecule has 1 aliphatic heterocycles. The molecule has 4 nitrogen and oxygen atoms in total. The lowest BCUT2D eigenvalue weighted by Gasteiger charge is -2.28. The SMILES string of the molecule is CC1CC1(C(=O)O)C1(O)CCOC1. The van der Waals surface area contributed by atoms with Crippen molar-refractivity contribution < 1.29 is 19.7 Å². The van der Waals surface area contributed by atoms with Crippen molar-refractivity contribution in [2.24, 2.45) is 11.3 Å². The summed E-state index contributed by atoms with van der Waals surface area (Å²) >= 11 is 0. The van der Waals surface area contributed by atoms with Crippen LogP contribution in [0.4, 0.5) is 0 Å². The van der Waals surface area contributed by atoms with Gasteiger partial charge in [0.25, 0.3) is 0 Å². The van der Waals surface area contributed by atoms with Crippen LogP contribution < -0.4 is 0 Å². The minimum absolute atomic E-state index is 0.0664. The molecule has 1 saturated heterocycles. The maximum absolute atomic E-state index is 11.1. The van der Waals surface area contributed by atoms with Crippen LogP contribution in [0.15, 0.2) is 0 Å². The molecule has 0 amide bonds. The smallest absolute Gasteiger partial charge is 0.312 e. The van der Waals surface area contributed by atoms with Crippen LogP contribution in [0, 0.1) is 11.3 Å². The first-order valence-corrected chi connectivity index (χ1v) is 4.56. The van der Waals surface area contributed by atoms with Gasteiger partial charge in [-0.3, -0.25) is 4.79 Å². The Balaban J connectivity index is 2.27. The second-order valence-corrected chi connectivity index (χ2v) is 4.22. The number of carboxylic acids is 1. The second kappa shape index (κ2) is 2.45. The highest BCUT2D eigenvalue weighted by atomic mass is 16.5. The van der Waals surface area contributed by atoms with Crippen LogP contribution in [-0.2, 0) is 9.53 Å². The number of carboxylic acid groups (broad SMARTS) is 1. The van der Waals surface area contributed by atoms with Crippen LogP contribution in [0.1, 0.15) is 19.8 Å². The average molecular weight is 186 g/mol. The molecule has 0 aromatic rings. The summed E-state index contributed by atoms with van der Waals surface area (Å²) < 4.78 is 5.07. The number of hydrogen-bond donors (Lipinski definition) is 2. The summed E-state index contributed by atoms with van der Waals surface area (Å²) in [6.45, 7) is 2.51. The van der Waals surface area contributed by atoms with E-state index >= 15 is 0 Å². The van der Waals surface area contributed by atoms with Crippen molar-refractivity contribution in [3.63, 3.8) is 0 Å². The summed E-state index contributed by atoms with van der Waals surface area (Å²) in [7, 11) is 0. The zero-order valence-corrected chi connectivity index (χ0v) is 7.62. The lowest BCUT2D eigenvalue weighted by atomic mass is 9.81. The van der Waals surface area contributed by atoms with E-state index < -0.39 is 17.0 Å². The number of aliphatic hydroxyl groups is 1. The monoisotopic (exact) mass is 186 g/mol. The number of carbonyl (C=O) groups is 1. The Labute approximate surface area is 76.5 Å². The third-order valence-corrected chi connectivity index (χ3v) is 3.52. The van der Waals surface area contributed by atoms with Crippen LogP contribution in [0.25, 0.3) is 0 Å². The minimum Gasteiger partial charge on any atom is -0.481 e. The molecule has 1 aliphatic carbocycles. The fourth-order valence-electron chi connectivity index (χ4n) is 2.48. The Morgan fingerprint density at radius 1 is 1.62 bits per heavy atom. The van der Waals surface area contributed by atoms with Crippen LogP contribution in [0.3, 0.4) is 0 Å². The lowest BCUT2D eigenvalue weighted by Crippen LogP contribution is -2.46. The zero-order chi connectivity index (χ0) is 9.69. The molecule has 3 atom stereocenters. The largest absolute Gasteiger partial charge is 0.481 e. The summed E-state index contributed by atoms with van der Waals surface area (Å²) in [6.07, 6.45) is 1.02. The topological polar surface area (TPSA) is 66.8 Å². The van der Waals surface area contributed by atoms with Gasteiger partial charge in [-0.25, -0.2) is 0 Å². The highest BCUT2D eigenvalue weighted by molar-refractivity contribution is 5.80. The van der Waals surface area contributed by atoms with Gasteiger partial charge in [-0.2, -0.15) is 0 Å². The van der Waals surface area contributed by atoms with Gasteiger partial charge in [0.2, 0.25) is 0 Å². The molecule has 0 bridgehead atoms. The molecular weight excluding hydrogens is 172 g/mol. The van der Waals surface area contributed by atoms with Crippen molar-refractivity contribution in [3.05, 3.63) is 0 Å². The molecule has 74 valence electrons. The molecule has 1 saturated carbocycles. The summed E-state index contributed by atoms with van der Waals surface area (Å²) in [5.41, 5.74) is -2.05. The standard InChI is InChI=1S/C9H14O4/c1-6-4-9(6,7(10)11)8(12)2-3-13-5-8/h6,12H,2-5H2,1H3,(H,10,11). The van der Waals surface area contributed by atoms with Gasteiger partial charge >= 0.3 is 5.97 Å². The van der Waals surface area contributed by atoms with E-state index in [4.69, 9.17) is 9.84 Å². The number of aliphatic carboxylic acids is 1. The quantitative estimate of drug-likeness (QED) is 0.648. The molecule has 0 spiro atoms. The van der Waals surface area contributed by atoms with Crippen molar-refractivity contribution in [2.75, 3.05) is 13.2 Å². The molecule has 0 aromatic carbocycles. The van der Waals surface area contributed by atoms with Crippen molar-refractivity contribution in [3.8, 4) is 0 Å². The molecular formula is C9H14O4. The predicted molar refractivity (Wildman–Crippen MR) is 44.2 cm³/mol. The minimum atomic E-state index is -1.13. The predicted octanol–water partition coefficient (Wildman–Crippen LogP) is 0.249. The van der Waals surface area contributed by atoms with Gasteiger partial charge in [0, 0.05) is 13.0 Å². The molecule has 4 heteroatoms. The third-order valence-electron chi connectivity index (χ3n) is 3.52. The van der Waals surface area contributed by atoms with Crippen molar-refractivity contribution in [1.29, 1.82) is 0 Å². The molecule has 13 heavy (non-hydrogen) atoms. The summed E-state index contributed by atoms with van der Waals surface area (Å²) in [5, 5.41) is 19.2. The number of ether oxygens (including phenoxy) is 1. The normalized spacial score (nSPS) is 49.2. The van der Waals surface area contributed by atoms with E-state index in [1.54, 1.807) is 0 Å². The van der Waals surface area contributed by atoms with Gasteiger partial charge in [-0.1, -0.05) is 6.92 Å². The second-order valence-electron chi connectivity index (χ2n) is 4.22. The first-order chi connectivity index (χ1) is 6.03. The van der Waals surface area contributed by atoms with E-state index in [1.807, 2.05) is 6.92 Å². The maximum Gasteiger partial charge on any atom is 0.312 e. The van der Waals surface area contributed by atoms with Gasteiger partial charge in [0.15, 0.2) is 0 Å².